The minimum absolute atomic E-state index is 0.0719. The molecule has 5 aliphatic rings. The van der Waals surface area contributed by atoms with E-state index in [9.17, 15) is 9.90 Å². The van der Waals surface area contributed by atoms with Gasteiger partial charge >= 0.3 is 0 Å². The van der Waals surface area contributed by atoms with Crippen molar-refractivity contribution in [3.8, 4) is 0 Å². The molecule has 11 atom stereocenters. The Hall–Kier alpha value is -1.35. The van der Waals surface area contributed by atoms with Crippen LogP contribution in [0.1, 0.15) is 123 Å². The number of hydrogen-bond donors (Lipinski definition) is 2. The van der Waals surface area contributed by atoms with Gasteiger partial charge in [-0.3, -0.25) is 4.79 Å². The third kappa shape index (κ3) is 3.80. The van der Waals surface area contributed by atoms with Crippen LogP contribution in [0.25, 0.3) is 0 Å². The molecule has 5 saturated carbocycles. The van der Waals surface area contributed by atoms with Gasteiger partial charge in [-0.25, -0.2) is 0 Å². The molecule has 2 unspecified atom stereocenters. The predicted molar refractivity (Wildman–Crippen MR) is 164 cm³/mol. The highest BCUT2D eigenvalue weighted by Gasteiger charge is 2.70. The zero-order valence-electron chi connectivity index (χ0n) is 26.6. The Balaban J connectivity index is 1.29. The number of nitrogens with one attached hydrogen (secondary N) is 1. The summed E-state index contributed by atoms with van der Waals surface area (Å²) in [5.41, 5.74) is 2.02. The fourth-order valence-electron chi connectivity index (χ4n) is 12.8. The quantitative estimate of drug-likeness (QED) is 0.398. The van der Waals surface area contributed by atoms with E-state index in [0.717, 1.165) is 29.7 Å². The van der Waals surface area contributed by atoms with E-state index in [1.54, 1.807) is 0 Å². The van der Waals surface area contributed by atoms with Crippen LogP contribution in [-0.2, 0) is 0 Å². The lowest BCUT2D eigenvalue weighted by Crippen LogP contribution is -2.68. The van der Waals surface area contributed by atoms with E-state index in [1.807, 2.05) is 30.3 Å². The maximum atomic E-state index is 13.2. The van der Waals surface area contributed by atoms with E-state index in [1.165, 1.54) is 57.8 Å². The van der Waals surface area contributed by atoms with Crippen LogP contribution in [-0.4, -0.2) is 23.7 Å². The predicted octanol–water partition coefficient (Wildman–Crippen LogP) is 8.51. The lowest BCUT2D eigenvalue weighted by Gasteiger charge is -2.74. The minimum Gasteiger partial charge on any atom is -0.396 e. The summed E-state index contributed by atoms with van der Waals surface area (Å²) < 4.78 is 0. The van der Waals surface area contributed by atoms with Gasteiger partial charge in [0.05, 0.1) is 0 Å². The fourth-order valence-corrected chi connectivity index (χ4v) is 12.8. The van der Waals surface area contributed by atoms with E-state index >= 15 is 0 Å². The summed E-state index contributed by atoms with van der Waals surface area (Å²) in [6, 6.07) is 9.99. The zero-order valence-corrected chi connectivity index (χ0v) is 26.6. The molecule has 5 fully saturated rings. The van der Waals surface area contributed by atoms with Crippen LogP contribution in [0.5, 0.6) is 0 Å². The third-order valence-electron chi connectivity index (χ3n) is 15.5. The molecule has 2 N–H and O–H groups in total. The van der Waals surface area contributed by atoms with Crippen LogP contribution in [0.4, 0.5) is 0 Å². The molecule has 5 aliphatic carbocycles. The lowest BCUT2D eigenvalue weighted by atomic mass is 9.31. The average molecular weight is 548 g/mol. The van der Waals surface area contributed by atoms with Crippen molar-refractivity contribution in [1.82, 2.24) is 5.32 Å². The SMILES string of the molecule is C[C@@H]1[C@H]2[C@H]3CC[C@@H]4[C@@]5(C)CCC(NC(=O)c6ccccc6)C(C)(C)C5CC[C@@]4(C)[C@]3(C)CC[C@@]2(CO)CC[C@H]1C. The first kappa shape index (κ1) is 28.8. The van der Waals surface area contributed by atoms with Crippen LogP contribution in [0, 0.1) is 62.6 Å². The standard InChI is InChI=1S/C37H57NO2/c1-24-15-20-37(23-39)22-21-35(6)27(31(37)25(24)2)13-14-29-34(5)18-17-30(38-32(40)26-11-9-8-10-12-26)33(3,4)28(34)16-19-36(29,35)7/h8-12,24-25,27-31,39H,13-23H2,1-7H3,(H,38,40)/t24-,25+,27-,28?,29-,30?,31+,34+,35-,36-,37-/m1/s1. The molecule has 6 rings (SSSR count). The Morgan fingerprint density at radius 3 is 2.25 bits per heavy atom. The average Bonchev–Trinajstić information content (AvgIpc) is 2.93. The van der Waals surface area contributed by atoms with Crippen molar-refractivity contribution >= 4 is 5.91 Å². The van der Waals surface area contributed by atoms with Gasteiger partial charge in [-0.05, 0) is 139 Å². The van der Waals surface area contributed by atoms with Crippen LogP contribution in [0.3, 0.4) is 0 Å². The first-order valence-corrected chi connectivity index (χ1v) is 16.8. The molecule has 0 bridgehead atoms. The topological polar surface area (TPSA) is 49.3 Å². The van der Waals surface area contributed by atoms with E-state index in [2.05, 4.69) is 53.8 Å². The Kier molecular flexibility index (Phi) is 6.89. The van der Waals surface area contributed by atoms with Gasteiger partial charge in [0.1, 0.15) is 0 Å². The molecule has 222 valence electrons. The van der Waals surface area contributed by atoms with Crippen LogP contribution < -0.4 is 5.32 Å². The number of carbonyl (C=O) groups is 1. The van der Waals surface area contributed by atoms with Gasteiger partial charge in [-0.2, -0.15) is 0 Å². The number of amides is 1. The molecule has 1 aromatic rings. The molecule has 3 heteroatoms. The molecule has 3 nitrogen and oxygen atoms in total. The van der Waals surface area contributed by atoms with Gasteiger partial charge in [0, 0.05) is 18.2 Å². The summed E-state index contributed by atoms with van der Waals surface area (Å²) in [6.07, 6.45) is 12.6. The number of carbonyl (C=O) groups excluding carboxylic acids is 1. The summed E-state index contributed by atoms with van der Waals surface area (Å²) in [5, 5.41) is 14.3. The van der Waals surface area contributed by atoms with Crippen molar-refractivity contribution < 1.29 is 9.90 Å². The fraction of sp³-hybridized carbons (Fsp3) is 0.811. The Labute approximate surface area is 244 Å². The molecule has 0 saturated heterocycles. The summed E-state index contributed by atoms with van der Waals surface area (Å²) in [6.45, 7) is 18.4. The van der Waals surface area contributed by atoms with Crippen molar-refractivity contribution in [2.24, 2.45) is 62.6 Å². The number of benzene rings is 1. The number of aliphatic hydroxyl groups is 1. The molecule has 40 heavy (non-hydrogen) atoms. The first-order valence-electron chi connectivity index (χ1n) is 16.8. The summed E-state index contributed by atoms with van der Waals surface area (Å²) >= 11 is 0. The number of fused-ring (bicyclic) bond motifs is 7. The molecule has 0 aliphatic heterocycles. The molecule has 0 spiro atoms. The zero-order chi connectivity index (χ0) is 28.7. The number of rotatable bonds is 3. The normalized spacial score (nSPS) is 49.5. The van der Waals surface area contributed by atoms with E-state index in [0.29, 0.717) is 40.6 Å². The molecule has 0 aromatic heterocycles. The summed E-state index contributed by atoms with van der Waals surface area (Å²) in [5.74, 6) is 4.34. The van der Waals surface area contributed by atoms with Gasteiger partial charge in [-0.15, -0.1) is 0 Å². The van der Waals surface area contributed by atoms with Crippen molar-refractivity contribution in [3.63, 3.8) is 0 Å². The van der Waals surface area contributed by atoms with Gasteiger partial charge in [0.2, 0.25) is 0 Å². The first-order chi connectivity index (χ1) is 18.8. The minimum atomic E-state index is 0.0719. The van der Waals surface area contributed by atoms with Crippen LogP contribution >= 0.6 is 0 Å². The van der Waals surface area contributed by atoms with Crippen molar-refractivity contribution in [2.45, 2.75) is 119 Å². The molecule has 0 radical (unpaired) electrons. The van der Waals surface area contributed by atoms with Gasteiger partial charge in [0.15, 0.2) is 0 Å². The smallest absolute Gasteiger partial charge is 0.251 e. The Morgan fingerprint density at radius 2 is 1.55 bits per heavy atom. The van der Waals surface area contributed by atoms with Gasteiger partial charge in [0.25, 0.3) is 5.91 Å². The van der Waals surface area contributed by atoms with Crippen LogP contribution in [0.15, 0.2) is 30.3 Å². The van der Waals surface area contributed by atoms with Crippen molar-refractivity contribution in [3.05, 3.63) is 35.9 Å². The lowest BCUT2D eigenvalue weighted by molar-refractivity contribution is -0.254. The highest BCUT2D eigenvalue weighted by molar-refractivity contribution is 5.94. The van der Waals surface area contributed by atoms with Gasteiger partial charge in [-0.1, -0.05) is 66.7 Å². The second-order valence-electron chi connectivity index (χ2n) is 16.8. The molecule has 1 aromatic carbocycles. The van der Waals surface area contributed by atoms with E-state index < -0.39 is 0 Å². The van der Waals surface area contributed by atoms with Gasteiger partial charge < -0.3 is 10.4 Å². The Bertz CT molecular complexity index is 1110. The molecular formula is C37H57NO2. The highest BCUT2D eigenvalue weighted by Crippen LogP contribution is 2.77. The number of aliphatic hydroxyl groups excluding tert-OH is 1. The molecular weight excluding hydrogens is 490 g/mol. The number of hydrogen-bond acceptors (Lipinski definition) is 2. The van der Waals surface area contributed by atoms with Crippen LogP contribution in [0.2, 0.25) is 0 Å². The Morgan fingerprint density at radius 1 is 0.825 bits per heavy atom. The second-order valence-corrected chi connectivity index (χ2v) is 16.8. The summed E-state index contributed by atoms with van der Waals surface area (Å²) in [7, 11) is 0. The second kappa shape index (κ2) is 9.58. The maximum Gasteiger partial charge on any atom is 0.251 e. The molecule has 0 heterocycles. The van der Waals surface area contributed by atoms with E-state index in [-0.39, 0.29) is 22.8 Å². The van der Waals surface area contributed by atoms with E-state index in [4.69, 9.17) is 0 Å². The maximum absolute atomic E-state index is 13.2. The largest absolute Gasteiger partial charge is 0.396 e. The summed E-state index contributed by atoms with van der Waals surface area (Å²) in [4.78, 5) is 13.2. The monoisotopic (exact) mass is 547 g/mol. The van der Waals surface area contributed by atoms with Crippen molar-refractivity contribution in [1.29, 1.82) is 0 Å². The third-order valence-corrected chi connectivity index (χ3v) is 15.5. The highest BCUT2D eigenvalue weighted by atomic mass is 16.3. The molecule has 1 amide bonds. The van der Waals surface area contributed by atoms with Crippen molar-refractivity contribution in [2.75, 3.05) is 6.61 Å².